The Hall–Kier alpha value is -0.810. The molecule has 148 valence electrons. The van der Waals surface area contributed by atoms with Crippen LogP contribution in [-0.4, -0.2) is 53.8 Å². The maximum atomic E-state index is 13.0. The SMILES string of the molecule is Cl.NC1C2CCCC1CC(C(=O)N1CCC(C(=O)N3CCCC3)CC1)C2. The second-order valence-electron chi connectivity index (χ2n) is 8.83. The first-order chi connectivity index (χ1) is 12.1. The molecule has 2 atom stereocenters. The fourth-order valence-electron chi connectivity index (χ4n) is 5.79. The average Bonchev–Trinajstić information content (AvgIpc) is 3.15. The van der Waals surface area contributed by atoms with Crippen molar-refractivity contribution in [1.82, 2.24) is 9.80 Å². The summed E-state index contributed by atoms with van der Waals surface area (Å²) in [4.78, 5) is 29.6. The van der Waals surface area contributed by atoms with E-state index in [1.165, 1.54) is 19.3 Å². The molecule has 2 aliphatic carbocycles. The summed E-state index contributed by atoms with van der Waals surface area (Å²) in [6.07, 6.45) is 9.66. The highest BCUT2D eigenvalue weighted by Gasteiger charge is 2.42. The molecule has 26 heavy (non-hydrogen) atoms. The van der Waals surface area contributed by atoms with Crippen LogP contribution in [0.5, 0.6) is 0 Å². The zero-order valence-electron chi connectivity index (χ0n) is 15.8. The lowest BCUT2D eigenvalue weighted by atomic mass is 9.65. The first-order valence-electron chi connectivity index (χ1n) is 10.5. The number of carbonyl (C=O) groups excluding carboxylic acids is 2. The van der Waals surface area contributed by atoms with E-state index in [0.717, 1.165) is 64.7 Å². The number of piperidine rings is 1. The van der Waals surface area contributed by atoms with Crippen LogP contribution in [0.4, 0.5) is 0 Å². The Bertz CT molecular complexity index is 501. The molecule has 4 rings (SSSR count). The van der Waals surface area contributed by atoms with Crippen molar-refractivity contribution >= 4 is 24.2 Å². The van der Waals surface area contributed by atoms with Gasteiger partial charge in [-0.25, -0.2) is 0 Å². The number of fused-ring (bicyclic) bond motifs is 2. The van der Waals surface area contributed by atoms with Crippen LogP contribution in [0.1, 0.15) is 57.8 Å². The van der Waals surface area contributed by atoms with Crippen molar-refractivity contribution in [2.24, 2.45) is 29.4 Å². The third-order valence-electron chi connectivity index (χ3n) is 7.34. The predicted molar refractivity (Wildman–Crippen MR) is 104 cm³/mol. The highest BCUT2D eigenvalue weighted by Crippen LogP contribution is 2.42. The number of halogens is 1. The lowest BCUT2D eigenvalue weighted by Gasteiger charge is -2.45. The van der Waals surface area contributed by atoms with Gasteiger partial charge >= 0.3 is 0 Å². The van der Waals surface area contributed by atoms with Gasteiger partial charge in [0.1, 0.15) is 0 Å². The lowest BCUT2D eigenvalue weighted by molar-refractivity contribution is -0.144. The lowest BCUT2D eigenvalue weighted by Crippen LogP contribution is -2.51. The minimum absolute atomic E-state index is 0. The fraction of sp³-hybridized carbons (Fsp3) is 0.900. The molecule has 2 saturated carbocycles. The second kappa shape index (κ2) is 8.47. The normalized spacial score (nSPS) is 35.1. The van der Waals surface area contributed by atoms with Gasteiger partial charge in [-0.15, -0.1) is 12.4 Å². The second-order valence-corrected chi connectivity index (χ2v) is 8.83. The third-order valence-corrected chi connectivity index (χ3v) is 7.34. The number of likely N-dealkylation sites (tertiary alicyclic amines) is 2. The summed E-state index contributed by atoms with van der Waals surface area (Å²) in [5.41, 5.74) is 6.37. The molecular formula is C20H34ClN3O2. The van der Waals surface area contributed by atoms with E-state index in [1.807, 2.05) is 9.80 Å². The van der Waals surface area contributed by atoms with Crippen molar-refractivity contribution in [3.05, 3.63) is 0 Å². The number of nitrogens with two attached hydrogens (primary N) is 1. The number of nitrogens with zero attached hydrogens (tertiary/aromatic N) is 2. The third kappa shape index (κ3) is 3.89. The van der Waals surface area contributed by atoms with Crippen LogP contribution in [-0.2, 0) is 9.59 Å². The van der Waals surface area contributed by atoms with Crippen LogP contribution in [0, 0.1) is 23.7 Å². The van der Waals surface area contributed by atoms with E-state index in [1.54, 1.807) is 0 Å². The molecule has 0 aromatic heterocycles. The summed E-state index contributed by atoms with van der Waals surface area (Å²) in [6.45, 7) is 3.40. The molecule has 2 bridgehead atoms. The predicted octanol–water partition coefficient (Wildman–Crippen LogP) is 2.42. The van der Waals surface area contributed by atoms with Crippen LogP contribution >= 0.6 is 12.4 Å². The summed E-state index contributed by atoms with van der Waals surface area (Å²) in [6, 6.07) is 0.321. The summed E-state index contributed by atoms with van der Waals surface area (Å²) >= 11 is 0. The van der Waals surface area contributed by atoms with Crippen LogP contribution in [0.3, 0.4) is 0 Å². The Kier molecular flexibility index (Phi) is 6.50. The molecule has 0 aromatic rings. The molecule has 2 unspecified atom stereocenters. The molecule has 2 saturated heterocycles. The van der Waals surface area contributed by atoms with E-state index < -0.39 is 0 Å². The summed E-state index contributed by atoms with van der Waals surface area (Å²) in [5.74, 6) is 2.10. The van der Waals surface area contributed by atoms with Gasteiger partial charge in [0.25, 0.3) is 0 Å². The quantitative estimate of drug-likeness (QED) is 0.796. The molecule has 4 fully saturated rings. The van der Waals surface area contributed by atoms with Crippen molar-refractivity contribution in [1.29, 1.82) is 0 Å². The van der Waals surface area contributed by atoms with Gasteiger partial charge < -0.3 is 15.5 Å². The maximum Gasteiger partial charge on any atom is 0.225 e. The van der Waals surface area contributed by atoms with Crippen LogP contribution in [0.25, 0.3) is 0 Å². The van der Waals surface area contributed by atoms with Gasteiger partial charge in [0.2, 0.25) is 11.8 Å². The smallest absolute Gasteiger partial charge is 0.225 e. The Morgan fingerprint density at radius 1 is 0.692 bits per heavy atom. The average molecular weight is 384 g/mol. The van der Waals surface area contributed by atoms with Crippen LogP contribution in [0.15, 0.2) is 0 Å². The van der Waals surface area contributed by atoms with Gasteiger partial charge in [0, 0.05) is 44.1 Å². The molecule has 2 amide bonds. The largest absolute Gasteiger partial charge is 0.342 e. The van der Waals surface area contributed by atoms with E-state index in [-0.39, 0.29) is 24.2 Å². The Morgan fingerprint density at radius 3 is 1.77 bits per heavy atom. The molecule has 2 N–H and O–H groups in total. The molecule has 0 aromatic carbocycles. The molecule has 0 radical (unpaired) electrons. The van der Waals surface area contributed by atoms with Crippen molar-refractivity contribution < 1.29 is 9.59 Å². The molecule has 2 aliphatic heterocycles. The Balaban J connectivity index is 0.00000196. The van der Waals surface area contributed by atoms with Crippen LogP contribution < -0.4 is 5.73 Å². The first-order valence-corrected chi connectivity index (χ1v) is 10.5. The van der Waals surface area contributed by atoms with Crippen molar-refractivity contribution in [3.8, 4) is 0 Å². The van der Waals surface area contributed by atoms with Crippen LogP contribution in [0.2, 0.25) is 0 Å². The molecule has 4 aliphatic rings. The summed E-state index contributed by atoms with van der Waals surface area (Å²) < 4.78 is 0. The number of carbonyl (C=O) groups is 2. The minimum Gasteiger partial charge on any atom is -0.342 e. The molecule has 2 heterocycles. The Morgan fingerprint density at radius 2 is 1.19 bits per heavy atom. The van der Waals surface area contributed by atoms with E-state index in [9.17, 15) is 9.59 Å². The maximum absolute atomic E-state index is 13.0. The van der Waals surface area contributed by atoms with E-state index in [4.69, 9.17) is 5.73 Å². The van der Waals surface area contributed by atoms with E-state index in [0.29, 0.717) is 29.7 Å². The fourth-order valence-corrected chi connectivity index (χ4v) is 5.79. The van der Waals surface area contributed by atoms with Crippen molar-refractivity contribution in [3.63, 3.8) is 0 Å². The monoisotopic (exact) mass is 383 g/mol. The van der Waals surface area contributed by atoms with Gasteiger partial charge in [-0.2, -0.15) is 0 Å². The molecule has 6 heteroatoms. The van der Waals surface area contributed by atoms with Gasteiger partial charge in [0.15, 0.2) is 0 Å². The molecule has 0 spiro atoms. The zero-order valence-corrected chi connectivity index (χ0v) is 16.6. The summed E-state index contributed by atoms with van der Waals surface area (Å²) in [7, 11) is 0. The molecule has 5 nitrogen and oxygen atoms in total. The Labute approximate surface area is 163 Å². The zero-order chi connectivity index (χ0) is 17.4. The van der Waals surface area contributed by atoms with Gasteiger partial charge in [-0.05, 0) is 63.2 Å². The van der Waals surface area contributed by atoms with Crippen molar-refractivity contribution in [2.75, 3.05) is 26.2 Å². The van der Waals surface area contributed by atoms with Gasteiger partial charge in [0.05, 0.1) is 0 Å². The minimum atomic E-state index is 0. The number of rotatable bonds is 2. The summed E-state index contributed by atoms with van der Waals surface area (Å²) in [5, 5.41) is 0. The topological polar surface area (TPSA) is 66.6 Å². The number of amides is 2. The van der Waals surface area contributed by atoms with E-state index >= 15 is 0 Å². The van der Waals surface area contributed by atoms with Gasteiger partial charge in [-0.1, -0.05) is 6.42 Å². The standard InChI is InChI=1S/C20H33N3O2.ClH/c21-18-15-4-3-5-16(18)13-17(12-15)20(25)23-10-6-14(7-11-23)19(24)22-8-1-2-9-22;/h14-18H,1-13,21H2;1H. The highest BCUT2D eigenvalue weighted by atomic mass is 35.5. The van der Waals surface area contributed by atoms with E-state index in [2.05, 4.69) is 0 Å². The van der Waals surface area contributed by atoms with Crippen molar-refractivity contribution in [2.45, 2.75) is 63.8 Å². The highest BCUT2D eigenvalue weighted by molar-refractivity contribution is 5.85. The molecular weight excluding hydrogens is 350 g/mol. The number of hydrogen-bond acceptors (Lipinski definition) is 3. The first kappa shape index (κ1) is 19.9. The number of hydrogen-bond donors (Lipinski definition) is 1. The van der Waals surface area contributed by atoms with Gasteiger partial charge in [-0.3, -0.25) is 9.59 Å².